The van der Waals surface area contributed by atoms with Crippen LogP contribution in [0, 0.1) is 5.92 Å². The zero-order valence-corrected chi connectivity index (χ0v) is 44.5. The lowest BCUT2D eigenvalue weighted by Gasteiger charge is -2.18. The standard InChI is InChI=1S/C59H114O6/c1-5-7-9-11-13-15-17-19-20-21-22-23-27-32-36-40-44-48-52-59(62)65-56(53-63-57(60)50-46-42-38-34-30-25-18-16-14-12-10-8-6-2)54-64-58(61)51-47-43-39-35-31-28-24-26-29-33-37-41-45-49-55(3)4/h55-56H,5-54H2,1-4H3/t56-/m1/s1. The smallest absolute Gasteiger partial charge is 0.306 e. The number of hydrogen-bond acceptors (Lipinski definition) is 6. The number of hydrogen-bond donors (Lipinski definition) is 0. The van der Waals surface area contributed by atoms with Gasteiger partial charge < -0.3 is 14.2 Å². The normalized spacial score (nSPS) is 12.0. The molecule has 0 aliphatic carbocycles. The van der Waals surface area contributed by atoms with E-state index in [2.05, 4.69) is 27.7 Å². The van der Waals surface area contributed by atoms with Crippen LogP contribution in [-0.4, -0.2) is 37.2 Å². The maximum atomic E-state index is 12.9. The molecular formula is C59H114O6. The summed E-state index contributed by atoms with van der Waals surface area (Å²) in [4.78, 5) is 38.1. The molecule has 0 N–H and O–H groups in total. The van der Waals surface area contributed by atoms with Crippen molar-refractivity contribution in [2.45, 2.75) is 342 Å². The van der Waals surface area contributed by atoms with Crippen LogP contribution in [0.4, 0.5) is 0 Å². The lowest BCUT2D eigenvalue weighted by Crippen LogP contribution is -2.30. The molecule has 1 atom stereocenters. The predicted molar refractivity (Wildman–Crippen MR) is 280 cm³/mol. The van der Waals surface area contributed by atoms with E-state index in [0.717, 1.165) is 63.7 Å². The lowest BCUT2D eigenvalue weighted by molar-refractivity contribution is -0.167. The second-order valence-corrected chi connectivity index (χ2v) is 20.8. The molecule has 0 saturated heterocycles. The van der Waals surface area contributed by atoms with Crippen LogP contribution >= 0.6 is 0 Å². The molecule has 0 aromatic rings. The molecule has 0 heterocycles. The van der Waals surface area contributed by atoms with E-state index in [0.29, 0.717) is 19.3 Å². The van der Waals surface area contributed by atoms with Gasteiger partial charge in [0.2, 0.25) is 0 Å². The molecule has 0 rings (SSSR count). The van der Waals surface area contributed by atoms with Crippen molar-refractivity contribution in [2.75, 3.05) is 13.2 Å². The fourth-order valence-electron chi connectivity index (χ4n) is 9.10. The molecule has 0 spiro atoms. The highest BCUT2D eigenvalue weighted by Crippen LogP contribution is 2.18. The van der Waals surface area contributed by atoms with Crippen LogP contribution in [0.25, 0.3) is 0 Å². The Balaban J connectivity index is 4.28. The SMILES string of the molecule is CCCCCCCCCCCCCCCCCCCCC(=O)O[C@H](COC(=O)CCCCCCCCCCCCCCC)COC(=O)CCCCCCCCCCCCCCCC(C)C. The molecule has 0 radical (unpaired) electrons. The van der Waals surface area contributed by atoms with Gasteiger partial charge in [-0.2, -0.15) is 0 Å². The summed E-state index contributed by atoms with van der Waals surface area (Å²) >= 11 is 0. The van der Waals surface area contributed by atoms with Crippen molar-refractivity contribution in [3.63, 3.8) is 0 Å². The lowest BCUT2D eigenvalue weighted by atomic mass is 10.0. The molecule has 6 heteroatoms. The Bertz CT molecular complexity index is 980. The van der Waals surface area contributed by atoms with Gasteiger partial charge in [0, 0.05) is 19.3 Å². The van der Waals surface area contributed by atoms with Crippen LogP contribution in [0.3, 0.4) is 0 Å². The zero-order valence-electron chi connectivity index (χ0n) is 44.5. The molecule has 0 aliphatic heterocycles. The van der Waals surface area contributed by atoms with E-state index >= 15 is 0 Å². The molecule has 0 fully saturated rings. The van der Waals surface area contributed by atoms with Crippen molar-refractivity contribution in [2.24, 2.45) is 5.92 Å². The third-order valence-corrected chi connectivity index (χ3v) is 13.5. The van der Waals surface area contributed by atoms with Crippen LogP contribution in [0.15, 0.2) is 0 Å². The summed E-state index contributed by atoms with van der Waals surface area (Å²) in [6, 6.07) is 0. The van der Waals surface area contributed by atoms with E-state index in [1.54, 1.807) is 0 Å². The van der Waals surface area contributed by atoms with Crippen molar-refractivity contribution in [3.05, 3.63) is 0 Å². The molecule has 0 saturated carbocycles. The molecule has 0 aromatic heterocycles. The van der Waals surface area contributed by atoms with E-state index in [1.807, 2.05) is 0 Å². The fourth-order valence-corrected chi connectivity index (χ4v) is 9.10. The molecule has 0 aromatic carbocycles. The number of ether oxygens (including phenoxy) is 3. The first-order valence-corrected chi connectivity index (χ1v) is 29.4. The average molecular weight is 920 g/mol. The third-order valence-electron chi connectivity index (χ3n) is 13.5. The van der Waals surface area contributed by atoms with E-state index in [4.69, 9.17) is 14.2 Å². The Labute approximate surface area is 406 Å². The van der Waals surface area contributed by atoms with Crippen molar-refractivity contribution in [1.29, 1.82) is 0 Å². The summed E-state index contributed by atoms with van der Waals surface area (Å²) in [5, 5.41) is 0. The molecule has 0 aliphatic rings. The first kappa shape index (κ1) is 63.4. The number of unbranched alkanes of at least 4 members (excludes halogenated alkanes) is 41. The second-order valence-electron chi connectivity index (χ2n) is 20.8. The molecule has 0 amide bonds. The molecule has 386 valence electrons. The van der Waals surface area contributed by atoms with Crippen molar-refractivity contribution >= 4 is 17.9 Å². The van der Waals surface area contributed by atoms with Crippen LogP contribution < -0.4 is 0 Å². The van der Waals surface area contributed by atoms with Gasteiger partial charge in [0.05, 0.1) is 0 Å². The van der Waals surface area contributed by atoms with Crippen LogP contribution in [0.2, 0.25) is 0 Å². The Morgan fingerprint density at radius 3 is 0.754 bits per heavy atom. The summed E-state index contributed by atoms with van der Waals surface area (Å²) in [6.45, 7) is 9.07. The number of esters is 3. The monoisotopic (exact) mass is 919 g/mol. The van der Waals surface area contributed by atoms with Crippen LogP contribution in [0.5, 0.6) is 0 Å². The number of rotatable bonds is 54. The van der Waals surface area contributed by atoms with Crippen LogP contribution in [0.1, 0.15) is 336 Å². The Morgan fingerprint density at radius 2 is 0.508 bits per heavy atom. The first-order valence-electron chi connectivity index (χ1n) is 29.4. The number of carbonyl (C=O) groups is 3. The second kappa shape index (κ2) is 53.4. The molecular weight excluding hydrogens is 805 g/mol. The minimum Gasteiger partial charge on any atom is -0.462 e. The Kier molecular flexibility index (Phi) is 52.1. The largest absolute Gasteiger partial charge is 0.462 e. The maximum Gasteiger partial charge on any atom is 0.306 e. The van der Waals surface area contributed by atoms with E-state index < -0.39 is 6.10 Å². The summed E-state index contributed by atoms with van der Waals surface area (Å²) in [6.07, 6.45) is 58.1. The van der Waals surface area contributed by atoms with Gasteiger partial charge in [-0.3, -0.25) is 14.4 Å². The van der Waals surface area contributed by atoms with Gasteiger partial charge in [-0.05, 0) is 25.2 Å². The van der Waals surface area contributed by atoms with Gasteiger partial charge in [-0.1, -0.05) is 297 Å². The first-order chi connectivity index (χ1) is 31.9. The van der Waals surface area contributed by atoms with Gasteiger partial charge in [0.15, 0.2) is 6.10 Å². The topological polar surface area (TPSA) is 78.9 Å². The van der Waals surface area contributed by atoms with E-state index in [-0.39, 0.29) is 31.1 Å². The van der Waals surface area contributed by atoms with Crippen LogP contribution in [-0.2, 0) is 28.6 Å². The van der Waals surface area contributed by atoms with Gasteiger partial charge in [0.1, 0.15) is 13.2 Å². The van der Waals surface area contributed by atoms with Crippen molar-refractivity contribution in [3.8, 4) is 0 Å². The molecule has 6 nitrogen and oxygen atoms in total. The fraction of sp³-hybridized carbons (Fsp3) is 0.949. The summed E-state index contributed by atoms with van der Waals surface area (Å²) < 4.78 is 16.9. The average Bonchev–Trinajstić information content (AvgIpc) is 3.29. The van der Waals surface area contributed by atoms with E-state index in [1.165, 1.54) is 231 Å². The van der Waals surface area contributed by atoms with Gasteiger partial charge in [0.25, 0.3) is 0 Å². The van der Waals surface area contributed by atoms with E-state index in [9.17, 15) is 14.4 Å². The van der Waals surface area contributed by atoms with Gasteiger partial charge in [-0.25, -0.2) is 0 Å². The highest BCUT2D eigenvalue weighted by molar-refractivity contribution is 5.71. The van der Waals surface area contributed by atoms with Crippen molar-refractivity contribution < 1.29 is 28.6 Å². The molecule has 0 bridgehead atoms. The number of carbonyl (C=O) groups excluding carboxylic acids is 3. The quantitative estimate of drug-likeness (QED) is 0.0344. The highest BCUT2D eigenvalue weighted by atomic mass is 16.6. The van der Waals surface area contributed by atoms with Gasteiger partial charge >= 0.3 is 17.9 Å². The molecule has 65 heavy (non-hydrogen) atoms. The Morgan fingerprint density at radius 1 is 0.292 bits per heavy atom. The summed E-state index contributed by atoms with van der Waals surface area (Å²) in [5.74, 6) is 0.00562. The zero-order chi connectivity index (χ0) is 47.4. The third kappa shape index (κ3) is 53.2. The summed E-state index contributed by atoms with van der Waals surface area (Å²) in [7, 11) is 0. The summed E-state index contributed by atoms with van der Waals surface area (Å²) in [5.41, 5.74) is 0. The molecule has 0 unspecified atom stereocenters. The maximum absolute atomic E-state index is 12.9. The van der Waals surface area contributed by atoms with Gasteiger partial charge in [-0.15, -0.1) is 0 Å². The minimum atomic E-state index is -0.762. The minimum absolute atomic E-state index is 0.0618. The Hall–Kier alpha value is -1.59. The predicted octanol–water partition coefficient (Wildman–Crippen LogP) is 19.4. The van der Waals surface area contributed by atoms with Crippen molar-refractivity contribution in [1.82, 2.24) is 0 Å². The highest BCUT2D eigenvalue weighted by Gasteiger charge is 2.19.